The predicted molar refractivity (Wildman–Crippen MR) is 99.6 cm³/mol. The molecule has 1 unspecified atom stereocenters. The van der Waals surface area contributed by atoms with Crippen LogP contribution in [0.3, 0.4) is 0 Å². The fourth-order valence-corrected chi connectivity index (χ4v) is 3.37. The van der Waals surface area contributed by atoms with Crippen molar-refractivity contribution in [1.82, 2.24) is 10.2 Å². The van der Waals surface area contributed by atoms with Crippen molar-refractivity contribution in [3.63, 3.8) is 0 Å². The Balaban J connectivity index is 1.62. The highest BCUT2D eigenvalue weighted by Gasteiger charge is 2.40. The molecule has 7 heteroatoms. The SMILES string of the molecule is CC(C(=O)NCCc1ccc(Cl)cc1Cl)N1C(=O)c2ccccc2C1=O. The maximum absolute atomic E-state index is 12.4. The van der Waals surface area contributed by atoms with Crippen LogP contribution in [0.1, 0.15) is 33.2 Å². The topological polar surface area (TPSA) is 66.5 Å². The number of fused-ring (bicyclic) bond motifs is 1. The van der Waals surface area contributed by atoms with E-state index >= 15 is 0 Å². The van der Waals surface area contributed by atoms with Gasteiger partial charge in [-0.2, -0.15) is 0 Å². The third-order valence-electron chi connectivity index (χ3n) is 4.30. The Morgan fingerprint density at radius 3 is 2.27 bits per heavy atom. The molecule has 3 amide bonds. The molecule has 134 valence electrons. The second kappa shape index (κ2) is 7.48. The number of amides is 3. The molecule has 2 aromatic carbocycles. The van der Waals surface area contributed by atoms with Gasteiger partial charge in [-0.05, 0) is 43.2 Å². The lowest BCUT2D eigenvalue weighted by atomic mass is 10.1. The van der Waals surface area contributed by atoms with Crippen LogP contribution in [-0.2, 0) is 11.2 Å². The summed E-state index contributed by atoms with van der Waals surface area (Å²) in [6, 6.07) is 10.8. The Labute approximate surface area is 160 Å². The standard InChI is InChI=1S/C19H16Cl2N2O3/c1-11(23-18(25)14-4-2-3-5-15(14)19(23)26)17(24)22-9-8-12-6-7-13(20)10-16(12)21/h2-7,10-11H,8-9H2,1H3,(H,22,24). The smallest absolute Gasteiger partial charge is 0.262 e. The molecular weight excluding hydrogens is 375 g/mol. The summed E-state index contributed by atoms with van der Waals surface area (Å²) in [7, 11) is 0. The van der Waals surface area contributed by atoms with Gasteiger partial charge < -0.3 is 5.32 Å². The van der Waals surface area contributed by atoms with Gasteiger partial charge in [0, 0.05) is 16.6 Å². The third-order valence-corrected chi connectivity index (χ3v) is 4.89. The van der Waals surface area contributed by atoms with E-state index < -0.39 is 23.8 Å². The Hall–Kier alpha value is -2.37. The molecule has 3 rings (SSSR count). The molecule has 1 N–H and O–H groups in total. The van der Waals surface area contributed by atoms with Crippen LogP contribution in [-0.4, -0.2) is 35.2 Å². The Bertz CT molecular complexity index is 863. The van der Waals surface area contributed by atoms with Gasteiger partial charge >= 0.3 is 0 Å². The monoisotopic (exact) mass is 390 g/mol. The molecule has 1 aliphatic rings. The predicted octanol–water partition coefficient (Wildman–Crippen LogP) is 3.34. The van der Waals surface area contributed by atoms with Crippen molar-refractivity contribution in [3.8, 4) is 0 Å². The highest BCUT2D eigenvalue weighted by atomic mass is 35.5. The van der Waals surface area contributed by atoms with Crippen LogP contribution in [0.25, 0.3) is 0 Å². The van der Waals surface area contributed by atoms with Gasteiger partial charge in [-0.1, -0.05) is 41.4 Å². The van der Waals surface area contributed by atoms with E-state index in [2.05, 4.69) is 5.32 Å². The second-order valence-electron chi connectivity index (χ2n) is 5.98. The van der Waals surface area contributed by atoms with Gasteiger partial charge in [0.05, 0.1) is 11.1 Å². The summed E-state index contributed by atoms with van der Waals surface area (Å²) >= 11 is 12.0. The fourth-order valence-electron chi connectivity index (χ4n) is 2.87. The van der Waals surface area contributed by atoms with Gasteiger partial charge in [-0.15, -0.1) is 0 Å². The molecule has 0 saturated carbocycles. The zero-order valence-corrected chi connectivity index (χ0v) is 15.5. The molecule has 2 aromatic rings. The molecule has 0 bridgehead atoms. The van der Waals surface area contributed by atoms with Crippen LogP contribution in [0.15, 0.2) is 42.5 Å². The Morgan fingerprint density at radius 1 is 1.08 bits per heavy atom. The van der Waals surface area contributed by atoms with Gasteiger partial charge in [0.1, 0.15) is 6.04 Å². The first kappa shape index (κ1) is 18.4. The minimum atomic E-state index is -0.900. The first-order valence-electron chi connectivity index (χ1n) is 8.08. The number of carbonyl (C=O) groups is 3. The quantitative estimate of drug-likeness (QED) is 0.796. The average Bonchev–Trinajstić information content (AvgIpc) is 2.87. The van der Waals surface area contributed by atoms with Crippen LogP contribution >= 0.6 is 23.2 Å². The fraction of sp³-hybridized carbons (Fsp3) is 0.211. The van der Waals surface area contributed by atoms with Crippen molar-refractivity contribution in [1.29, 1.82) is 0 Å². The van der Waals surface area contributed by atoms with Crippen molar-refractivity contribution in [2.45, 2.75) is 19.4 Å². The number of carbonyl (C=O) groups excluding carboxylic acids is 3. The van der Waals surface area contributed by atoms with Gasteiger partial charge in [-0.25, -0.2) is 0 Å². The minimum absolute atomic E-state index is 0.324. The number of rotatable bonds is 5. The average molecular weight is 391 g/mol. The zero-order chi connectivity index (χ0) is 18.8. The summed E-state index contributed by atoms with van der Waals surface area (Å²) in [6.07, 6.45) is 0.510. The normalized spacial score (nSPS) is 14.3. The largest absolute Gasteiger partial charge is 0.354 e. The van der Waals surface area contributed by atoms with Crippen LogP contribution in [0, 0.1) is 0 Å². The Kier molecular flexibility index (Phi) is 5.30. The molecule has 0 aromatic heterocycles. The lowest BCUT2D eigenvalue weighted by Gasteiger charge is -2.21. The molecule has 5 nitrogen and oxygen atoms in total. The molecule has 1 heterocycles. The van der Waals surface area contributed by atoms with Gasteiger partial charge in [0.15, 0.2) is 0 Å². The molecule has 1 atom stereocenters. The number of hydrogen-bond acceptors (Lipinski definition) is 3. The van der Waals surface area contributed by atoms with E-state index in [-0.39, 0.29) is 0 Å². The zero-order valence-electron chi connectivity index (χ0n) is 14.0. The van der Waals surface area contributed by atoms with E-state index in [1.165, 1.54) is 6.92 Å². The number of hydrogen-bond donors (Lipinski definition) is 1. The van der Waals surface area contributed by atoms with Gasteiger partial charge in [0.2, 0.25) is 5.91 Å². The Morgan fingerprint density at radius 2 is 1.69 bits per heavy atom. The first-order chi connectivity index (χ1) is 12.4. The molecule has 0 fully saturated rings. The molecule has 0 saturated heterocycles. The highest BCUT2D eigenvalue weighted by Crippen LogP contribution is 2.24. The van der Waals surface area contributed by atoms with E-state index in [0.717, 1.165) is 10.5 Å². The molecule has 0 radical (unpaired) electrons. The summed E-state index contributed by atoms with van der Waals surface area (Å²) < 4.78 is 0. The summed E-state index contributed by atoms with van der Waals surface area (Å²) in [6.45, 7) is 1.86. The van der Waals surface area contributed by atoms with Crippen LogP contribution in [0.2, 0.25) is 10.0 Å². The minimum Gasteiger partial charge on any atom is -0.354 e. The van der Waals surface area contributed by atoms with Crippen molar-refractivity contribution >= 4 is 40.9 Å². The van der Waals surface area contributed by atoms with Crippen molar-refractivity contribution < 1.29 is 14.4 Å². The van der Waals surface area contributed by atoms with Crippen LogP contribution in [0.5, 0.6) is 0 Å². The second-order valence-corrected chi connectivity index (χ2v) is 6.82. The van der Waals surface area contributed by atoms with Crippen LogP contribution < -0.4 is 5.32 Å². The molecule has 0 aliphatic carbocycles. The maximum atomic E-state index is 12.4. The number of halogens is 2. The lowest BCUT2D eigenvalue weighted by molar-refractivity contribution is -0.124. The first-order valence-corrected chi connectivity index (χ1v) is 8.84. The molecule has 26 heavy (non-hydrogen) atoms. The highest BCUT2D eigenvalue weighted by molar-refractivity contribution is 6.35. The summed E-state index contributed by atoms with van der Waals surface area (Å²) in [5.74, 6) is -1.30. The van der Waals surface area contributed by atoms with E-state index in [1.807, 2.05) is 0 Å². The summed E-state index contributed by atoms with van der Waals surface area (Å²) in [5.41, 5.74) is 1.50. The summed E-state index contributed by atoms with van der Waals surface area (Å²) in [4.78, 5) is 38.2. The number of nitrogens with zero attached hydrogens (tertiary/aromatic N) is 1. The molecular formula is C19H16Cl2N2O3. The van der Waals surface area contributed by atoms with Gasteiger partial charge in [0.25, 0.3) is 11.8 Å². The van der Waals surface area contributed by atoms with Crippen LogP contribution in [0.4, 0.5) is 0 Å². The molecule has 0 spiro atoms. The van der Waals surface area contributed by atoms with Gasteiger partial charge in [-0.3, -0.25) is 19.3 Å². The molecule has 1 aliphatic heterocycles. The van der Waals surface area contributed by atoms with E-state index in [0.29, 0.717) is 34.1 Å². The van der Waals surface area contributed by atoms with E-state index in [1.54, 1.807) is 42.5 Å². The number of imide groups is 1. The van der Waals surface area contributed by atoms with E-state index in [4.69, 9.17) is 23.2 Å². The number of benzene rings is 2. The maximum Gasteiger partial charge on any atom is 0.262 e. The van der Waals surface area contributed by atoms with Crippen molar-refractivity contribution in [2.24, 2.45) is 0 Å². The number of nitrogens with one attached hydrogen (secondary N) is 1. The summed E-state index contributed by atoms with van der Waals surface area (Å²) in [5, 5.41) is 3.81. The van der Waals surface area contributed by atoms with Crippen molar-refractivity contribution in [2.75, 3.05) is 6.54 Å². The third kappa shape index (κ3) is 3.45. The van der Waals surface area contributed by atoms with E-state index in [9.17, 15) is 14.4 Å². The van der Waals surface area contributed by atoms with Crippen molar-refractivity contribution in [3.05, 3.63) is 69.2 Å². The lowest BCUT2D eigenvalue weighted by Crippen LogP contribution is -2.48.